The average Bonchev–Trinajstić information content (AvgIpc) is 3.11. The van der Waals surface area contributed by atoms with Gasteiger partial charge >= 0.3 is 0 Å². The fourth-order valence-electron chi connectivity index (χ4n) is 2.15. The molecule has 0 unspecified atom stereocenters. The molecule has 0 atom stereocenters. The predicted octanol–water partition coefficient (Wildman–Crippen LogP) is 5.56. The van der Waals surface area contributed by atoms with Gasteiger partial charge in [0.1, 0.15) is 11.2 Å². The maximum atomic E-state index is 8.42. The molecule has 0 spiro atoms. The molecular formula is C19H14O. The van der Waals surface area contributed by atoms with Gasteiger partial charge in [-0.2, -0.15) is 0 Å². The molecule has 0 amide bonds. The predicted molar refractivity (Wildman–Crippen MR) is 83.9 cm³/mol. The van der Waals surface area contributed by atoms with E-state index in [1.807, 2.05) is 0 Å². The van der Waals surface area contributed by atoms with Crippen LogP contribution in [0.15, 0.2) is 70.9 Å². The van der Waals surface area contributed by atoms with Gasteiger partial charge in [-0.1, -0.05) is 54.4 Å². The van der Waals surface area contributed by atoms with E-state index in [1.165, 1.54) is 6.92 Å². The summed E-state index contributed by atoms with van der Waals surface area (Å²) >= 11 is 0. The smallest absolute Gasteiger partial charge is 0.136 e. The van der Waals surface area contributed by atoms with Gasteiger partial charge in [0.05, 0.1) is 13.7 Å². The van der Waals surface area contributed by atoms with Gasteiger partial charge in [-0.25, -0.2) is 0 Å². The third-order valence-electron chi connectivity index (χ3n) is 3.02. The van der Waals surface area contributed by atoms with Crippen LogP contribution in [0.4, 0.5) is 0 Å². The molecule has 1 heterocycles. The Morgan fingerprint density at radius 1 is 0.900 bits per heavy atom. The van der Waals surface area contributed by atoms with E-state index in [0.29, 0.717) is 0 Å². The first-order valence-corrected chi connectivity index (χ1v) is 5.99. The summed E-state index contributed by atoms with van der Waals surface area (Å²) in [5.41, 5.74) is -0.193. The standard InChI is InChI=1S/C19H14O/c1-13-10-11-16-18(12-13)20-17-9-5-8-15(19(16)17)14-6-3-2-4-7-14/h2-12H,1H3/i2D,3D,4D,5D,6D,8D,9D,10D,11D,12D. The van der Waals surface area contributed by atoms with Gasteiger partial charge < -0.3 is 4.42 Å². The lowest BCUT2D eigenvalue weighted by Gasteiger charge is -2.03. The summed E-state index contributed by atoms with van der Waals surface area (Å²) in [6.07, 6.45) is 0. The largest absolute Gasteiger partial charge is 0.456 e. The van der Waals surface area contributed by atoms with Crippen molar-refractivity contribution in [2.45, 2.75) is 6.92 Å². The quantitative estimate of drug-likeness (QED) is 0.440. The van der Waals surface area contributed by atoms with Crippen molar-refractivity contribution in [3.63, 3.8) is 0 Å². The third kappa shape index (κ3) is 1.64. The van der Waals surface area contributed by atoms with E-state index in [1.54, 1.807) is 0 Å². The first-order chi connectivity index (χ1) is 14.0. The second-order valence-electron chi connectivity index (χ2n) is 4.34. The highest BCUT2D eigenvalue weighted by molar-refractivity contribution is 6.12. The molecule has 0 bridgehead atoms. The molecule has 0 saturated carbocycles. The SMILES string of the molecule is [2H]c1cc(-c2c([2H])c([2H])c([2H])c3oc4c([2H])c(C)c([2H])c([2H])c4c23)c([2H])c([2H])c1[2H]. The summed E-state index contributed by atoms with van der Waals surface area (Å²) in [6, 6.07) is -2.68. The summed E-state index contributed by atoms with van der Waals surface area (Å²) < 4.78 is 87.2. The van der Waals surface area contributed by atoms with E-state index < -0.39 is 36.3 Å². The van der Waals surface area contributed by atoms with Gasteiger partial charge in [0.15, 0.2) is 0 Å². The van der Waals surface area contributed by atoms with Crippen LogP contribution in [-0.4, -0.2) is 0 Å². The van der Waals surface area contributed by atoms with Crippen LogP contribution < -0.4 is 0 Å². The number of benzene rings is 3. The Labute approximate surface area is 131 Å². The number of hydrogen-bond acceptors (Lipinski definition) is 1. The molecule has 1 heteroatoms. The highest BCUT2D eigenvalue weighted by Gasteiger charge is 2.11. The molecule has 0 aliphatic carbocycles. The molecule has 1 aromatic heterocycles. The van der Waals surface area contributed by atoms with E-state index >= 15 is 0 Å². The lowest BCUT2D eigenvalue weighted by molar-refractivity contribution is 0.668. The van der Waals surface area contributed by atoms with E-state index in [2.05, 4.69) is 0 Å². The summed E-state index contributed by atoms with van der Waals surface area (Å²) in [5, 5.41) is 0.0306. The Bertz CT molecular complexity index is 1400. The zero-order valence-corrected chi connectivity index (χ0v) is 10.5. The third-order valence-corrected chi connectivity index (χ3v) is 3.02. The van der Waals surface area contributed by atoms with Crippen molar-refractivity contribution >= 4 is 21.9 Å². The number of fused-ring (bicyclic) bond motifs is 3. The molecular weight excluding hydrogens is 244 g/mol. The molecule has 96 valence electrons. The molecule has 3 aromatic carbocycles. The Balaban J connectivity index is 2.36. The van der Waals surface area contributed by atoms with Gasteiger partial charge in [-0.15, -0.1) is 0 Å². The lowest BCUT2D eigenvalue weighted by atomic mass is 9.99. The van der Waals surface area contributed by atoms with E-state index in [9.17, 15) is 0 Å². The van der Waals surface area contributed by atoms with E-state index in [-0.39, 0.29) is 62.8 Å². The number of rotatable bonds is 1. The van der Waals surface area contributed by atoms with E-state index in [0.717, 1.165) is 6.07 Å². The van der Waals surface area contributed by atoms with Crippen molar-refractivity contribution in [2.75, 3.05) is 0 Å². The van der Waals surface area contributed by atoms with Crippen molar-refractivity contribution in [2.24, 2.45) is 0 Å². The average molecular weight is 268 g/mol. The first-order valence-electron chi connectivity index (χ1n) is 11.0. The molecule has 0 saturated heterocycles. The molecule has 0 fully saturated rings. The summed E-state index contributed by atoms with van der Waals surface area (Å²) in [5.74, 6) is 0. The minimum atomic E-state index is -0.524. The van der Waals surface area contributed by atoms with Crippen molar-refractivity contribution in [3.05, 3.63) is 72.1 Å². The molecule has 4 rings (SSSR count). The van der Waals surface area contributed by atoms with Gasteiger partial charge in [0.25, 0.3) is 0 Å². The topological polar surface area (TPSA) is 13.1 Å². The molecule has 0 aliphatic rings. The monoisotopic (exact) mass is 268 g/mol. The van der Waals surface area contributed by atoms with Crippen LogP contribution in [-0.2, 0) is 0 Å². The van der Waals surface area contributed by atoms with Crippen molar-refractivity contribution in [1.29, 1.82) is 0 Å². The maximum absolute atomic E-state index is 8.42. The Morgan fingerprint density at radius 3 is 2.80 bits per heavy atom. The van der Waals surface area contributed by atoms with E-state index in [4.69, 9.17) is 18.1 Å². The van der Waals surface area contributed by atoms with Gasteiger partial charge in [-0.3, -0.25) is 0 Å². The zero-order chi connectivity index (χ0) is 22.2. The molecule has 0 N–H and O–H groups in total. The summed E-state index contributed by atoms with van der Waals surface area (Å²) in [4.78, 5) is 0. The fourth-order valence-corrected chi connectivity index (χ4v) is 2.15. The van der Waals surface area contributed by atoms with Crippen molar-refractivity contribution < 1.29 is 18.1 Å². The van der Waals surface area contributed by atoms with Gasteiger partial charge in [0.2, 0.25) is 0 Å². The molecule has 20 heavy (non-hydrogen) atoms. The highest BCUT2D eigenvalue weighted by atomic mass is 16.3. The lowest BCUT2D eigenvalue weighted by Crippen LogP contribution is -1.78. The molecule has 0 radical (unpaired) electrons. The highest BCUT2D eigenvalue weighted by Crippen LogP contribution is 2.36. The van der Waals surface area contributed by atoms with Gasteiger partial charge in [-0.05, 0) is 35.7 Å². The zero-order valence-electron chi connectivity index (χ0n) is 20.5. The fraction of sp³-hybridized carbons (Fsp3) is 0.0526. The van der Waals surface area contributed by atoms with Gasteiger partial charge in [0, 0.05) is 10.8 Å². The first kappa shape index (κ1) is 5.10. The molecule has 1 nitrogen and oxygen atoms in total. The Hall–Kier alpha value is -2.54. The van der Waals surface area contributed by atoms with Crippen LogP contribution in [0.5, 0.6) is 0 Å². The Morgan fingerprint density at radius 2 is 1.85 bits per heavy atom. The van der Waals surface area contributed by atoms with Crippen molar-refractivity contribution in [3.8, 4) is 11.1 Å². The molecule has 4 aromatic rings. The van der Waals surface area contributed by atoms with Crippen LogP contribution in [0.3, 0.4) is 0 Å². The maximum Gasteiger partial charge on any atom is 0.136 e. The van der Waals surface area contributed by atoms with Crippen LogP contribution in [0.25, 0.3) is 33.1 Å². The minimum Gasteiger partial charge on any atom is -0.456 e. The minimum absolute atomic E-state index is 0.00927. The Kier molecular flexibility index (Phi) is 1.08. The normalized spacial score (nSPS) is 18.2. The summed E-state index contributed by atoms with van der Waals surface area (Å²) in [6.45, 7) is 1.50. The van der Waals surface area contributed by atoms with Crippen LogP contribution in [0, 0.1) is 6.92 Å². The van der Waals surface area contributed by atoms with Crippen LogP contribution in [0.2, 0.25) is 0 Å². The number of hydrogen-bond donors (Lipinski definition) is 0. The number of furan rings is 1. The van der Waals surface area contributed by atoms with Crippen molar-refractivity contribution in [1.82, 2.24) is 0 Å². The second kappa shape index (κ2) is 4.24. The summed E-state index contributed by atoms with van der Waals surface area (Å²) in [7, 11) is 0. The second-order valence-corrected chi connectivity index (χ2v) is 4.34. The molecule has 0 aliphatic heterocycles. The van der Waals surface area contributed by atoms with Crippen LogP contribution >= 0.6 is 0 Å². The van der Waals surface area contributed by atoms with Crippen LogP contribution in [0.1, 0.15) is 19.3 Å².